The molecular formula is C16H17ClO2. The van der Waals surface area contributed by atoms with Gasteiger partial charge in [0.05, 0.1) is 6.10 Å². The molecule has 0 aromatic heterocycles. The topological polar surface area (TPSA) is 29.5 Å². The van der Waals surface area contributed by atoms with Crippen LogP contribution in [0.3, 0.4) is 0 Å². The minimum absolute atomic E-state index is 0.321. The predicted octanol–water partition coefficient (Wildman–Crippen LogP) is 3.84. The van der Waals surface area contributed by atoms with Crippen LogP contribution in [0.15, 0.2) is 48.5 Å². The predicted molar refractivity (Wildman–Crippen MR) is 77.6 cm³/mol. The summed E-state index contributed by atoms with van der Waals surface area (Å²) in [5.41, 5.74) is 2.14. The molecule has 2 nitrogen and oxygen atoms in total. The van der Waals surface area contributed by atoms with Crippen LogP contribution >= 0.6 is 11.6 Å². The fourth-order valence-electron chi connectivity index (χ4n) is 1.86. The standard InChI is InChI=1S/C16H17ClO2/c1-12(18)9-13-5-7-16(8-6-13)19-11-14-3-2-4-15(17)10-14/h2-8,10,12,18H,9,11H2,1H3. The van der Waals surface area contributed by atoms with Crippen molar-refractivity contribution in [3.05, 3.63) is 64.7 Å². The molecule has 0 bridgehead atoms. The van der Waals surface area contributed by atoms with Crippen molar-refractivity contribution in [2.24, 2.45) is 0 Å². The molecule has 0 aliphatic rings. The van der Waals surface area contributed by atoms with Crippen molar-refractivity contribution in [2.45, 2.75) is 26.1 Å². The third-order valence-corrected chi connectivity index (χ3v) is 2.98. The minimum atomic E-state index is -0.321. The largest absolute Gasteiger partial charge is 0.489 e. The molecule has 2 aromatic carbocycles. The van der Waals surface area contributed by atoms with Gasteiger partial charge in [-0.05, 0) is 48.7 Å². The van der Waals surface area contributed by atoms with Crippen LogP contribution in [0, 0.1) is 0 Å². The maximum atomic E-state index is 9.31. The normalized spacial score (nSPS) is 12.2. The number of rotatable bonds is 5. The summed E-state index contributed by atoms with van der Waals surface area (Å²) < 4.78 is 5.69. The zero-order valence-corrected chi connectivity index (χ0v) is 11.6. The average molecular weight is 277 g/mol. The van der Waals surface area contributed by atoms with Crippen LogP contribution in [-0.4, -0.2) is 11.2 Å². The summed E-state index contributed by atoms with van der Waals surface area (Å²) >= 11 is 5.92. The second kappa shape index (κ2) is 6.60. The van der Waals surface area contributed by atoms with Crippen LogP contribution in [0.2, 0.25) is 5.02 Å². The van der Waals surface area contributed by atoms with E-state index >= 15 is 0 Å². The average Bonchev–Trinajstić information content (AvgIpc) is 2.37. The van der Waals surface area contributed by atoms with E-state index in [1.165, 1.54) is 0 Å². The van der Waals surface area contributed by atoms with Crippen LogP contribution in [-0.2, 0) is 13.0 Å². The van der Waals surface area contributed by atoms with Gasteiger partial charge in [-0.1, -0.05) is 35.9 Å². The Morgan fingerprint density at radius 1 is 1.11 bits per heavy atom. The van der Waals surface area contributed by atoms with Crippen molar-refractivity contribution in [2.75, 3.05) is 0 Å². The number of hydrogen-bond donors (Lipinski definition) is 1. The first-order chi connectivity index (χ1) is 9.13. The van der Waals surface area contributed by atoms with Crippen LogP contribution < -0.4 is 4.74 Å². The Bertz CT molecular complexity index is 521. The van der Waals surface area contributed by atoms with E-state index in [-0.39, 0.29) is 6.10 Å². The molecule has 0 saturated carbocycles. The summed E-state index contributed by atoms with van der Waals surface area (Å²) in [5, 5.41) is 10.0. The molecule has 0 radical (unpaired) electrons. The summed E-state index contributed by atoms with van der Waals surface area (Å²) in [6.45, 7) is 2.28. The molecule has 100 valence electrons. The summed E-state index contributed by atoms with van der Waals surface area (Å²) in [6.07, 6.45) is 0.340. The highest BCUT2D eigenvalue weighted by Crippen LogP contribution is 2.16. The number of halogens is 1. The van der Waals surface area contributed by atoms with Crippen molar-refractivity contribution in [1.29, 1.82) is 0 Å². The van der Waals surface area contributed by atoms with Gasteiger partial charge in [-0.15, -0.1) is 0 Å². The lowest BCUT2D eigenvalue weighted by Crippen LogP contribution is -2.03. The van der Waals surface area contributed by atoms with Crippen LogP contribution in [0.1, 0.15) is 18.1 Å². The van der Waals surface area contributed by atoms with Gasteiger partial charge in [-0.3, -0.25) is 0 Å². The highest BCUT2D eigenvalue weighted by Gasteiger charge is 2.00. The molecule has 19 heavy (non-hydrogen) atoms. The number of aliphatic hydroxyl groups excluding tert-OH is 1. The second-order valence-corrected chi connectivity index (χ2v) is 5.05. The number of hydrogen-bond acceptors (Lipinski definition) is 2. The molecule has 0 heterocycles. The molecule has 3 heteroatoms. The zero-order chi connectivity index (χ0) is 13.7. The Hall–Kier alpha value is -1.51. The summed E-state index contributed by atoms with van der Waals surface area (Å²) in [6, 6.07) is 15.4. The molecule has 1 atom stereocenters. The first-order valence-electron chi connectivity index (χ1n) is 6.28. The fraction of sp³-hybridized carbons (Fsp3) is 0.250. The third-order valence-electron chi connectivity index (χ3n) is 2.75. The first kappa shape index (κ1) is 13.9. The van der Waals surface area contributed by atoms with Gasteiger partial charge in [0.25, 0.3) is 0 Å². The maximum Gasteiger partial charge on any atom is 0.119 e. The maximum absolute atomic E-state index is 9.31. The Morgan fingerprint density at radius 2 is 1.84 bits per heavy atom. The molecule has 1 unspecified atom stereocenters. The molecule has 0 aliphatic heterocycles. The van der Waals surface area contributed by atoms with E-state index in [4.69, 9.17) is 16.3 Å². The Labute approximate surface area is 118 Å². The molecular weight excluding hydrogens is 260 g/mol. The summed E-state index contributed by atoms with van der Waals surface area (Å²) in [5.74, 6) is 0.814. The van der Waals surface area contributed by atoms with E-state index in [1.807, 2.05) is 48.5 Å². The van der Waals surface area contributed by atoms with E-state index in [9.17, 15) is 5.11 Å². The molecule has 0 aliphatic carbocycles. The SMILES string of the molecule is CC(O)Cc1ccc(OCc2cccc(Cl)c2)cc1. The molecule has 2 rings (SSSR count). The second-order valence-electron chi connectivity index (χ2n) is 4.62. The quantitative estimate of drug-likeness (QED) is 0.899. The molecule has 0 spiro atoms. The molecule has 1 N–H and O–H groups in total. The van der Waals surface area contributed by atoms with Gasteiger partial charge >= 0.3 is 0 Å². The highest BCUT2D eigenvalue weighted by molar-refractivity contribution is 6.30. The van der Waals surface area contributed by atoms with Crippen molar-refractivity contribution in [3.63, 3.8) is 0 Å². The Balaban J connectivity index is 1.93. The van der Waals surface area contributed by atoms with E-state index in [1.54, 1.807) is 6.92 Å². The highest BCUT2D eigenvalue weighted by atomic mass is 35.5. The van der Waals surface area contributed by atoms with Crippen LogP contribution in [0.25, 0.3) is 0 Å². The van der Waals surface area contributed by atoms with E-state index in [2.05, 4.69) is 0 Å². The first-order valence-corrected chi connectivity index (χ1v) is 6.65. The lowest BCUT2D eigenvalue weighted by atomic mass is 10.1. The van der Waals surface area contributed by atoms with E-state index < -0.39 is 0 Å². The molecule has 2 aromatic rings. The lowest BCUT2D eigenvalue weighted by molar-refractivity contribution is 0.195. The fourth-order valence-corrected chi connectivity index (χ4v) is 2.07. The van der Waals surface area contributed by atoms with E-state index in [0.717, 1.165) is 16.9 Å². The van der Waals surface area contributed by atoms with Gasteiger partial charge in [0.1, 0.15) is 12.4 Å². The summed E-state index contributed by atoms with van der Waals surface area (Å²) in [7, 11) is 0. The lowest BCUT2D eigenvalue weighted by Gasteiger charge is -2.08. The van der Waals surface area contributed by atoms with E-state index in [0.29, 0.717) is 18.1 Å². The van der Waals surface area contributed by atoms with Crippen molar-refractivity contribution in [1.82, 2.24) is 0 Å². The Kier molecular flexibility index (Phi) is 4.83. The monoisotopic (exact) mass is 276 g/mol. The van der Waals surface area contributed by atoms with Crippen LogP contribution in [0.4, 0.5) is 0 Å². The Morgan fingerprint density at radius 3 is 2.47 bits per heavy atom. The van der Waals surface area contributed by atoms with Crippen molar-refractivity contribution < 1.29 is 9.84 Å². The van der Waals surface area contributed by atoms with Crippen LogP contribution in [0.5, 0.6) is 5.75 Å². The number of benzene rings is 2. The van der Waals surface area contributed by atoms with Gasteiger partial charge in [-0.2, -0.15) is 0 Å². The van der Waals surface area contributed by atoms with Crippen molar-refractivity contribution >= 4 is 11.6 Å². The van der Waals surface area contributed by atoms with Gasteiger partial charge < -0.3 is 9.84 Å². The summed E-state index contributed by atoms with van der Waals surface area (Å²) in [4.78, 5) is 0. The molecule has 0 amide bonds. The number of aliphatic hydroxyl groups is 1. The van der Waals surface area contributed by atoms with Gasteiger partial charge in [0.15, 0.2) is 0 Å². The minimum Gasteiger partial charge on any atom is -0.489 e. The van der Waals surface area contributed by atoms with Gasteiger partial charge in [0.2, 0.25) is 0 Å². The molecule has 0 saturated heterocycles. The third kappa shape index (κ3) is 4.58. The van der Waals surface area contributed by atoms with Crippen molar-refractivity contribution in [3.8, 4) is 5.75 Å². The number of ether oxygens (including phenoxy) is 1. The smallest absolute Gasteiger partial charge is 0.119 e. The molecule has 0 fully saturated rings. The zero-order valence-electron chi connectivity index (χ0n) is 10.8. The van der Waals surface area contributed by atoms with Gasteiger partial charge in [0, 0.05) is 5.02 Å². The van der Waals surface area contributed by atoms with Gasteiger partial charge in [-0.25, -0.2) is 0 Å².